The summed E-state index contributed by atoms with van der Waals surface area (Å²) in [7, 11) is -1.19. The van der Waals surface area contributed by atoms with Crippen LogP contribution in [0.1, 0.15) is 23.7 Å². The molecule has 1 aliphatic heterocycles. The van der Waals surface area contributed by atoms with Gasteiger partial charge in [-0.05, 0) is 35.6 Å². The number of ether oxygens (including phenoxy) is 1. The van der Waals surface area contributed by atoms with Gasteiger partial charge in [0, 0.05) is 6.07 Å². The standard InChI is InChI=1S/C14H14BN3O5/c1-7-2-8(22-12-5-11(16)17-6-18-12)3-9-14(7)10(4-13(19)20)23-15(9)21/h2-3,5-6,10,21H,4H2,1H3,(H,19,20)(H2,16,17,18). The molecule has 3 rings (SSSR count). The number of benzene rings is 1. The lowest BCUT2D eigenvalue weighted by molar-refractivity contribution is -0.138. The van der Waals surface area contributed by atoms with Gasteiger partial charge in [-0.2, -0.15) is 0 Å². The van der Waals surface area contributed by atoms with Gasteiger partial charge in [0.05, 0.1) is 12.5 Å². The Balaban J connectivity index is 1.93. The summed E-state index contributed by atoms with van der Waals surface area (Å²) in [6.07, 6.45) is 0.389. The average Bonchev–Trinajstić information content (AvgIpc) is 2.75. The van der Waals surface area contributed by atoms with Gasteiger partial charge >= 0.3 is 13.1 Å². The van der Waals surface area contributed by atoms with Crippen LogP contribution in [-0.4, -0.2) is 33.2 Å². The summed E-state index contributed by atoms with van der Waals surface area (Å²) in [4.78, 5) is 18.6. The summed E-state index contributed by atoms with van der Waals surface area (Å²) in [5.74, 6) is -0.00525. The lowest BCUT2D eigenvalue weighted by Crippen LogP contribution is -2.28. The smallest absolute Gasteiger partial charge is 0.481 e. The van der Waals surface area contributed by atoms with Crippen molar-refractivity contribution < 1.29 is 24.3 Å². The van der Waals surface area contributed by atoms with Crippen molar-refractivity contribution >= 4 is 24.4 Å². The summed E-state index contributed by atoms with van der Waals surface area (Å²) in [5, 5.41) is 18.9. The van der Waals surface area contributed by atoms with Gasteiger partial charge in [-0.1, -0.05) is 0 Å². The van der Waals surface area contributed by atoms with E-state index in [2.05, 4.69) is 9.97 Å². The van der Waals surface area contributed by atoms with Crippen molar-refractivity contribution in [3.05, 3.63) is 35.7 Å². The molecule has 4 N–H and O–H groups in total. The quantitative estimate of drug-likeness (QED) is 0.691. The van der Waals surface area contributed by atoms with Crippen LogP contribution in [0.4, 0.5) is 5.82 Å². The Bertz CT molecular complexity index is 770. The van der Waals surface area contributed by atoms with Crippen LogP contribution in [0.3, 0.4) is 0 Å². The molecular formula is C14H14BN3O5. The third-order valence-electron chi connectivity index (χ3n) is 3.52. The molecule has 9 heteroatoms. The molecule has 1 aromatic heterocycles. The van der Waals surface area contributed by atoms with E-state index in [-0.39, 0.29) is 18.1 Å². The number of hydrogen-bond donors (Lipinski definition) is 3. The fourth-order valence-corrected chi connectivity index (χ4v) is 2.63. The van der Waals surface area contributed by atoms with Crippen molar-refractivity contribution in [1.82, 2.24) is 9.97 Å². The predicted molar refractivity (Wildman–Crippen MR) is 81.4 cm³/mol. The van der Waals surface area contributed by atoms with E-state index in [1.807, 2.05) is 0 Å². The van der Waals surface area contributed by atoms with Crippen molar-refractivity contribution in [2.75, 3.05) is 5.73 Å². The molecule has 1 aromatic carbocycles. The number of nitrogen functional groups attached to an aromatic ring is 1. The first kappa shape index (κ1) is 15.3. The van der Waals surface area contributed by atoms with E-state index >= 15 is 0 Å². The molecule has 2 aromatic rings. The Morgan fingerprint density at radius 3 is 2.91 bits per heavy atom. The van der Waals surface area contributed by atoms with Crippen molar-refractivity contribution in [2.24, 2.45) is 0 Å². The second kappa shape index (κ2) is 5.86. The van der Waals surface area contributed by atoms with Crippen molar-refractivity contribution in [1.29, 1.82) is 0 Å². The normalized spacial score (nSPS) is 16.3. The SMILES string of the molecule is Cc1cc(Oc2cc(N)ncn2)cc2c1C(CC(=O)O)OB2O. The van der Waals surface area contributed by atoms with E-state index < -0.39 is 19.2 Å². The van der Waals surface area contributed by atoms with Crippen LogP contribution in [-0.2, 0) is 9.45 Å². The average molecular weight is 315 g/mol. The Kier molecular flexibility index (Phi) is 3.89. The van der Waals surface area contributed by atoms with Gasteiger partial charge in [0.1, 0.15) is 17.9 Å². The van der Waals surface area contributed by atoms with Crippen molar-refractivity contribution in [3.63, 3.8) is 0 Å². The maximum absolute atomic E-state index is 10.9. The number of fused-ring (bicyclic) bond motifs is 1. The van der Waals surface area contributed by atoms with Crippen LogP contribution in [0.5, 0.6) is 11.6 Å². The highest BCUT2D eigenvalue weighted by Gasteiger charge is 2.37. The van der Waals surface area contributed by atoms with E-state index in [4.69, 9.17) is 20.2 Å². The number of rotatable bonds is 4. The number of nitrogens with zero attached hydrogens (tertiary/aromatic N) is 2. The van der Waals surface area contributed by atoms with Gasteiger partial charge < -0.3 is 25.3 Å². The second-order valence-electron chi connectivity index (χ2n) is 5.20. The maximum atomic E-state index is 10.9. The summed E-state index contributed by atoms with van der Waals surface area (Å²) in [5.41, 5.74) is 7.51. The van der Waals surface area contributed by atoms with Crippen LogP contribution < -0.4 is 15.9 Å². The molecule has 2 heterocycles. The minimum absolute atomic E-state index is 0.215. The van der Waals surface area contributed by atoms with E-state index in [0.29, 0.717) is 16.8 Å². The zero-order valence-corrected chi connectivity index (χ0v) is 12.3. The number of aryl methyl sites for hydroxylation is 1. The molecule has 0 saturated heterocycles. The topological polar surface area (TPSA) is 128 Å². The molecule has 0 aliphatic carbocycles. The van der Waals surface area contributed by atoms with Gasteiger partial charge in [0.2, 0.25) is 5.88 Å². The highest BCUT2D eigenvalue weighted by molar-refractivity contribution is 6.62. The molecular weight excluding hydrogens is 301 g/mol. The van der Waals surface area contributed by atoms with Gasteiger partial charge in [-0.25, -0.2) is 9.97 Å². The third kappa shape index (κ3) is 3.10. The van der Waals surface area contributed by atoms with Crippen LogP contribution in [0.15, 0.2) is 24.5 Å². The zero-order chi connectivity index (χ0) is 16.6. The molecule has 118 valence electrons. The minimum Gasteiger partial charge on any atom is -0.481 e. The molecule has 0 amide bonds. The van der Waals surface area contributed by atoms with Gasteiger partial charge in [-0.15, -0.1) is 0 Å². The second-order valence-corrected chi connectivity index (χ2v) is 5.20. The fourth-order valence-electron chi connectivity index (χ4n) is 2.63. The maximum Gasteiger partial charge on any atom is 0.492 e. The molecule has 23 heavy (non-hydrogen) atoms. The Labute approximate surface area is 132 Å². The number of carbonyl (C=O) groups is 1. The molecule has 0 bridgehead atoms. The molecule has 0 saturated carbocycles. The Hall–Kier alpha value is -2.65. The number of hydrogen-bond acceptors (Lipinski definition) is 7. The first-order valence-corrected chi connectivity index (χ1v) is 6.89. The number of carboxylic acid groups (broad SMARTS) is 1. The van der Waals surface area contributed by atoms with E-state index in [9.17, 15) is 9.82 Å². The van der Waals surface area contributed by atoms with Gasteiger partial charge in [0.25, 0.3) is 0 Å². The number of anilines is 1. The number of carboxylic acids is 1. The van der Waals surface area contributed by atoms with Crippen LogP contribution in [0, 0.1) is 6.92 Å². The molecule has 1 aliphatic rings. The van der Waals surface area contributed by atoms with Crippen molar-refractivity contribution in [2.45, 2.75) is 19.4 Å². The zero-order valence-electron chi connectivity index (χ0n) is 12.3. The summed E-state index contributed by atoms with van der Waals surface area (Å²) < 4.78 is 10.9. The third-order valence-corrected chi connectivity index (χ3v) is 3.52. The van der Waals surface area contributed by atoms with E-state index in [0.717, 1.165) is 5.56 Å². The first-order chi connectivity index (χ1) is 10.9. The summed E-state index contributed by atoms with van der Waals surface area (Å²) >= 11 is 0. The predicted octanol–water partition coefficient (Wildman–Crippen LogP) is 0.393. The first-order valence-electron chi connectivity index (χ1n) is 6.89. The molecule has 0 radical (unpaired) electrons. The molecule has 0 fully saturated rings. The lowest BCUT2D eigenvalue weighted by atomic mass is 9.77. The lowest BCUT2D eigenvalue weighted by Gasteiger charge is -2.13. The number of aliphatic carboxylic acids is 1. The van der Waals surface area contributed by atoms with Gasteiger partial charge in [0.15, 0.2) is 0 Å². The van der Waals surface area contributed by atoms with Crippen LogP contribution in [0.25, 0.3) is 0 Å². The number of nitrogens with two attached hydrogens (primary N) is 1. The Morgan fingerprint density at radius 1 is 1.43 bits per heavy atom. The summed E-state index contributed by atoms with van der Waals surface area (Å²) in [6, 6.07) is 4.81. The Morgan fingerprint density at radius 2 is 2.22 bits per heavy atom. The molecule has 8 nitrogen and oxygen atoms in total. The van der Waals surface area contributed by atoms with Gasteiger partial charge in [-0.3, -0.25) is 4.79 Å². The largest absolute Gasteiger partial charge is 0.492 e. The molecule has 1 unspecified atom stereocenters. The molecule has 0 spiro atoms. The fraction of sp³-hybridized carbons (Fsp3) is 0.214. The van der Waals surface area contributed by atoms with Crippen LogP contribution in [0.2, 0.25) is 0 Å². The minimum atomic E-state index is -1.19. The van der Waals surface area contributed by atoms with E-state index in [1.165, 1.54) is 12.4 Å². The number of aromatic nitrogens is 2. The molecule has 1 atom stereocenters. The summed E-state index contributed by atoms with van der Waals surface area (Å²) in [6.45, 7) is 1.80. The van der Waals surface area contributed by atoms with Crippen LogP contribution >= 0.6 is 0 Å². The van der Waals surface area contributed by atoms with E-state index in [1.54, 1.807) is 19.1 Å². The highest BCUT2D eigenvalue weighted by Crippen LogP contribution is 2.32. The highest BCUT2D eigenvalue weighted by atomic mass is 16.5. The monoisotopic (exact) mass is 315 g/mol. The van der Waals surface area contributed by atoms with Crippen molar-refractivity contribution in [3.8, 4) is 11.6 Å².